The van der Waals surface area contributed by atoms with Crippen LogP contribution in [0.15, 0.2) is 24.3 Å². The van der Waals surface area contributed by atoms with E-state index in [9.17, 15) is 4.79 Å². The molecule has 3 nitrogen and oxygen atoms in total. The van der Waals surface area contributed by atoms with Crippen LogP contribution < -0.4 is 4.74 Å². The first kappa shape index (κ1) is 14.4. The minimum absolute atomic E-state index is 0.252. The molecular formula is C18H25NO2. The highest BCUT2D eigenvalue weighted by Gasteiger charge is 2.61. The van der Waals surface area contributed by atoms with Crippen LogP contribution in [0.4, 0.5) is 0 Å². The molecule has 0 radical (unpaired) electrons. The number of likely N-dealkylation sites (N-methyl/N-ethyl adjacent to an activating group) is 1. The van der Waals surface area contributed by atoms with Gasteiger partial charge >= 0.3 is 0 Å². The quantitative estimate of drug-likeness (QED) is 0.775. The number of hydrogen-bond donors (Lipinski definition) is 0. The standard InChI is InChI=1S/C18H25NO2/c1-14-8-6-7-11-16(14)21-13-18(17(20)19(18)2)12-15-9-4-3-5-10-15/h6-8,11,15H,3-5,9-10,12-13H2,1-2H3. The molecule has 1 heterocycles. The average molecular weight is 287 g/mol. The van der Waals surface area contributed by atoms with E-state index in [0.29, 0.717) is 12.5 Å². The number of carbonyl (C=O) groups excluding carboxylic acids is 1. The van der Waals surface area contributed by atoms with Crippen LogP contribution in [0.5, 0.6) is 5.75 Å². The lowest BCUT2D eigenvalue weighted by atomic mass is 9.82. The molecule has 21 heavy (non-hydrogen) atoms. The van der Waals surface area contributed by atoms with E-state index < -0.39 is 0 Å². The second-order valence-corrected chi connectivity index (χ2v) is 6.66. The number of amides is 1. The summed E-state index contributed by atoms with van der Waals surface area (Å²) in [6.07, 6.45) is 7.50. The van der Waals surface area contributed by atoms with Crippen LogP contribution in [-0.2, 0) is 4.79 Å². The number of carbonyl (C=O) groups is 1. The van der Waals surface area contributed by atoms with Gasteiger partial charge in [-0.05, 0) is 30.9 Å². The summed E-state index contributed by atoms with van der Waals surface area (Å²) in [5.74, 6) is 1.84. The summed E-state index contributed by atoms with van der Waals surface area (Å²) in [4.78, 5) is 14.0. The smallest absolute Gasteiger partial charge is 0.252 e. The molecule has 0 aromatic heterocycles. The number of aryl methyl sites for hydroxylation is 1. The SMILES string of the molecule is Cc1ccccc1OCC1(CC2CCCCC2)C(=O)N1C. The molecule has 3 heteroatoms. The van der Waals surface area contributed by atoms with E-state index in [4.69, 9.17) is 4.74 Å². The molecule has 0 N–H and O–H groups in total. The first-order valence-corrected chi connectivity index (χ1v) is 8.10. The van der Waals surface area contributed by atoms with Crippen molar-refractivity contribution in [3.63, 3.8) is 0 Å². The van der Waals surface area contributed by atoms with E-state index >= 15 is 0 Å². The molecule has 0 spiro atoms. The van der Waals surface area contributed by atoms with Gasteiger partial charge in [0.15, 0.2) is 5.54 Å². The van der Waals surface area contributed by atoms with Crippen molar-refractivity contribution in [1.29, 1.82) is 0 Å². The van der Waals surface area contributed by atoms with E-state index in [1.165, 1.54) is 32.1 Å². The number of para-hydroxylation sites is 1. The Morgan fingerprint density at radius 2 is 1.90 bits per heavy atom. The lowest BCUT2D eigenvalue weighted by Crippen LogP contribution is -2.30. The van der Waals surface area contributed by atoms with Crippen LogP contribution in [0.25, 0.3) is 0 Å². The average Bonchev–Trinajstić information content (AvgIpc) is 3.00. The summed E-state index contributed by atoms with van der Waals surface area (Å²) in [6.45, 7) is 2.53. The number of ether oxygens (including phenoxy) is 1. The van der Waals surface area contributed by atoms with Gasteiger partial charge in [0.25, 0.3) is 5.91 Å². The third-order valence-electron chi connectivity index (χ3n) is 5.21. The minimum atomic E-state index is -0.357. The molecule has 1 aromatic rings. The molecule has 1 saturated heterocycles. The highest BCUT2D eigenvalue weighted by Crippen LogP contribution is 2.42. The zero-order valence-corrected chi connectivity index (χ0v) is 13.1. The fourth-order valence-electron chi connectivity index (χ4n) is 3.65. The molecule has 1 amide bonds. The Kier molecular flexibility index (Phi) is 3.92. The lowest BCUT2D eigenvalue weighted by molar-refractivity contribution is -0.114. The van der Waals surface area contributed by atoms with Gasteiger partial charge in [0.1, 0.15) is 12.4 Å². The first-order valence-electron chi connectivity index (χ1n) is 8.10. The predicted molar refractivity (Wildman–Crippen MR) is 83.4 cm³/mol. The molecule has 1 unspecified atom stereocenters. The molecule has 1 aromatic carbocycles. The van der Waals surface area contributed by atoms with Gasteiger partial charge in [-0.1, -0.05) is 50.3 Å². The van der Waals surface area contributed by atoms with Crippen molar-refractivity contribution in [3.8, 4) is 5.75 Å². The summed E-state index contributed by atoms with van der Waals surface area (Å²) in [5.41, 5.74) is 0.769. The zero-order valence-electron chi connectivity index (χ0n) is 13.1. The Morgan fingerprint density at radius 3 is 2.52 bits per heavy atom. The van der Waals surface area contributed by atoms with E-state index in [-0.39, 0.29) is 11.4 Å². The van der Waals surface area contributed by atoms with Gasteiger partial charge in [-0.25, -0.2) is 0 Å². The van der Waals surface area contributed by atoms with Crippen LogP contribution in [0, 0.1) is 12.8 Å². The maximum absolute atomic E-state index is 12.2. The Labute approximate surface area is 127 Å². The van der Waals surface area contributed by atoms with Crippen molar-refractivity contribution >= 4 is 5.91 Å². The summed E-state index contributed by atoms with van der Waals surface area (Å²) in [6, 6.07) is 8.01. The lowest BCUT2D eigenvalue weighted by Gasteiger charge is -2.25. The summed E-state index contributed by atoms with van der Waals surface area (Å²) in [5, 5.41) is 0. The van der Waals surface area contributed by atoms with Gasteiger partial charge in [0, 0.05) is 7.05 Å². The fraction of sp³-hybridized carbons (Fsp3) is 0.611. The normalized spacial score (nSPS) is 26.0. The van der Waals surface area contributed by atoms with Crippen molar-refractivity contribution in [2.75, 3.05) is 13.7 Å². The van der Waals surface area contributed by atoms with Crippen LogP contribution in [0.1, 0.15) is 44.1 Å². The molecule has 1 aliphatic heterocycles. The molecule has 1 aliphatic carbocycles. The topological polar surface area (TPSA) is 29.3 Å². The van der Waals surface area contributed by atoms with Gasteiger partial charge in [0.05, 0.1) is 0 Å². The van der Waals surface area contributed by atoms with Crippen molar-refractivity contribution in [2.24, 2.45) is 5.92 Å². The van der Waals surface area contributed by atoms with Crippen molar-refractivity contribution < 1.29 is 9.53 Å². The van der Waals surface area contributed by atoms with Gasteiger partial charge < -0.3 is 9.64 Å². The molecule has 2 fully saturated rings. The largest absolute Gasteiger partial charge is 0.490 e. The van der Waals surface area contributed by atoms with E-state index in [0.717, 1.165) is 17.7 Å². The van der Waals surface area contributed by atoms with Crippen LogP contribution in [-0.4, -0.2) is 30.0 Å². The summed E-state index contributed by atoms with van der Waals surface area (Å²) >= 11 is 0. The molecular weight excluding hydrogens is 262 g/mol. The highest BCUT2D eigenvalue weighted by atomic mass is 16.5. The summed E-state index contributed by atoms with van der Waals surface area (Å²) < 4.78 is 5.98. The fourth-order valence-corrected chi connectivity index (χ4v) is 3.65. The van der Waals surface area contributed by atoms with E-state index in [1.54, 1.807) is 0 Å². The van der Waals surface area contributed by atoms with Crippen LogP contribution in [0.3, 0.4) is 0 Å². The number of rotatable bonds is 5. The molecule has 0 bridgehead atoms. The van der Waals surface area contributed by atoms with Gasteiger partial charge in [-0.3, -0.25) is 4.79 Å². The third kappa shape index (κ3) is 2.78. The zero-order chi connectivity index (χ0) is 14.9. The molecule has 2 aliphatic rings. The maximum atomic E-state index is 12.2. The van der Waals surface area contributed by atoms with Gasteiger partial charge in [0.2, 0.25) is 0 Å². The second-order valence-electron chi connectivity index (χ2n) is 6.66. The maximum Gasteiger partial charge on any atom is 0.252 e. The molecule has 3 rings (SSSR count). The first-order chi connectivity index (χ1) is 10.1. The minimum Gasteiger partial charge on any atom is -0.490 e. The van der Waals surface area contributed by atoms with Crippen molar-refractivity contribution in [1.82, 2.24) is 4.90 Å². The van der Waals surface area contributed by atoms with E-state index in [2.05, 4.69) is 0 Å². The highest BCUT2D eigenvalue weighted by molar-refractivity contribution is 6.02. The van der Waals surface area contributed by atoms with Crippen LogP contribution >= 0.6 is 0 Å². The van der Waals surface area contributed by atoms with Gasteiger partial charge in [-0.2, -0.15) is 0 Å². The Hall–Kier alpha value is -1.51. The molecule has 1 saturated carbocycles. The van der Waals surface area contributed by atoms with E-state index in [1.807, 2.05) is 43.1 Å². The number of hydrogen-bond acceptors (Lipinski definition) is 2. The third-order valence-corrected chi connectivity index (χ3v) is 5.21. The predicted octanol–water partition coefficient (Wildman–Crippen LogP) is 3.56. The number of benzene rings is 1. The summed E-state index contributed by atoms with van der Waals surface area (Å²) in [7, 11) is 1.91. The monoisotopic (exact) mass is 287 g/mol. The molecule has 114 valence electrons. The van der Waals surface area contributed by atoms with Gasteiger partial charge in [-0.15, -0.1) is 0 Å². The number of nitrogens with zero attached hydrogens (tertiary/aromatic N) is 1. The Bertz CT molecular complexity index is 522. The van der Waals surface area contributed by atoms with Crippen molar-refractivity contribution in [3.05, 3.63) is 29.8 Å². The Balaban J connectivity index is 1.65. The second kappa shape index (κ2) is 5.70. The Morgan fingerprint density at radius 1 is 1.24 bits per heavy atom. The van der Waals surface area contributed by atoms with Crippen molar-refractivity contribution in [2.45, 2.75) is 51.0 Å². The van der Waals surface area contributed by atoms with Crippen LogP contribution in [0.2, 0.25) is 0 Å². The molecule has 1 atom stereocenters.